The maximum atomic E-state index is 12.6. The number of carboxylic acids is 1. The first-order valence-electron chi connectivity index (χ1n) is 6.51. The number of halogens is 3. The molecule has 0 saturated heterocycles. The van der Waals surface area contributed by atoms with E-state index in [0.29, 0.717) is 0 Å². The maximum Gasteiger partial charge on any atom is 0.416 e. The van der Waals surface area contributed by atoms with Crippen molar-refractivity contribution in [1.29, 1.82) is 0 Å². The summed E-state index contributed by atoms with van der Waals surface area (Å²) in [7, 11) is 1.57. The Hall–Kier alpha value is -2.09. The largest absolute Gasteiger partial charge is 0.481 e. The van der Waals surface area contributed by atoms with Gasteiger partial charge in [0.2, 0.25) is 5.91 Å². The monoisotopic (exact) mass is 318 g/mol. The minimum absolute atomic E-state index is 0.0401. The molecule has 0 aliphatic heterocycles. The molecule has 1 aromatic rings. The van der Waals surface area contributed by atoms with Crippen molar-refractivity contribution in [2.75, 3.05) is 18.9 Å². The van der Waals surface area contributed by atoms with Crippen LogP contribution in [0.25, 0.3) is 0 Å². The smallest absolute Gasteiger partial charge is 0.416 e. The van der Waals surface area contributed by atoms with Crippen molar-refractivity contribution in [3.05, 3.63) is 29.8 Å². The van der Waals surface area contributed by atoms with E-state index in [1.807, 2.05) is 0 Å². The van der Waals surface area contributed by atoms with E-state index in [2.05, 4.69) is 5.32 Å². The number of hydrogen-bond acceptors (Lipinski definition) is 3. The van der Waals surface area contributed by atoms with E-state index < -0.39 is 29.7 Å². The minimum atomic E-state index is -4.48. The van der Waals surface area contributed by atoms with Crippen LogP contribution in [0.2, 0.25) is 0 Å². The molecule has 0 fully saturated rings. The first-order chi connectivity index (χ1) is 10.1. The molecule has 1 aromatic carbocycles. The second-order valence-electron chi connectivity index (χ2n) is 4.87. The molecule has 1 atom stereocenters. The van der Waals surface area contributed by atoms with Crippen LogP contribution in [0.15, 0.2) is 24.3 Å². The van der Waals surface area contributed by atoms with Gasteiger partial charge in [-0.05, 0) is 32.2 Å². The third-order valence-electron chi connectivity index (χ3n) is 3.18. The molecule has 22 heavy (non-hydrogen) atoms. The highest BCUT2D eigenvalue weighted by Gasteiger charge is 2.30. The summed E-state index contributed by atoms with van der Waals surface area (Å²) in [4.78, 5) is 24.0. The molecular formula is C14H17F3N2O3. The Bertz CT molecular complexity index is 546. The van der Waals surface area contributed by atoms with Gasteiger partial charge in [-0.15, -0.1) is 0 Å². The molecule has 5 nitrogen and oxygen atoms in total. The number of nitrogens with zero attached hydrogens (tertiary/aromatic N) is 1. The molecule has 0 aromatic heterocycles. The first kappa shape index (κ1) is 18.0. The Balaban J connectivity index is 2.70. The molecule has 122 valence electrons. The van der Waals surface area contributed by atoms with Gasteiger partial charge in [0.05, 0.1) is 18.0 Å². The third-order valence-corrected chi connectivity index (χ3v) is 3.18. The summed E-state index contributed by atoms with van der Waals surface area (Å²) in [5.74, 6) is -1.50. The molecule has 8 heteroatoms. The van der Waals surface area contributed by atoms with Crippen LogP contribution in [0.5, 0.6) is 0 Å². The number of carbonyl (C=O) groups is 2. The summed E-state index contributed by atoms with van der Waals surface area (Å²) in [6, 6.07) is 3.66. The number of carboxylic acid groups (broad SMARTS) is 1. The summed E-state index contributed by atoms with van der Waals surface area (Å²) in [5, 5.41) is 11.0. The van der Waals surface area contributed by atoms with Crippen LogP contribution in [0.3, 0.4) is 0 Å². The van der Waals surface area contributed by atoms with Gasteiger partial charge < -0.3 is 10.4 Å². The standard InChI is InChI=1S/C14H17F3N2O3/c1-9(19(2)7-6-12(20)21)13(22)18-11-5-3-4-10(8-11)14(15,16)17/h3-5,8-9H,6-7H2,1-2H3,(H,18,22)(H,20,21). The number of aliphatic carboxylic acids is 1. The van der Waals surface area contributed by atoms with Gasteiger partial charge in [-0.3, -0.25) is 14.5 Å². The van der Waals surface area contributed by atoms with Crippen LogP contribution in [0.4, 0.5) is 18.9 Å². The predicted molar refractivity (Wildman–Crippen MR) is 74.4 cm³/mol. The van der Waals surface area contributed by atoms with Gasteiger partial charge in [0.1, 0.15) is 0 Å². The summed E-state index contributed by atoms with van der Waals surface area (Å²) < 4.78 is 37.8. The number of likely N-dealkylation sites (N-methyl/N-ethyl adjacent to an activating group) is 1. The second-order valence-corrected chi connectivity index (χ2v) is 4.87. The summed E-state index contributed by atoms with van der Waals surface area (Å²) in [5.41, 5.74) is -0.810. The molecule has 1 unspecified atom stereocenters. The highest BCUT2D eigenvalue weighted by molar-refractivity contribution is 5.94. The lowest BCUT2D eigenvalue weighted by Gasteiger charge is -2.23. The lowest BCUT2D eigenvalue weighted by molar-refractivity contribution is -0.138. The zero-order valence-electron chi connectivity index (χ0n) is 12.1. The molecule has 0 aliphatic rings. The van der Waals surface area contributed by atoms with Crippen LogP contribution < -0.4 is 5.32 Å². The molecule has 0 bridgehead atoms. The Kier molecular flexibility index (Phi) is 5.92. The zero-order chi connectivity index (χ0) is 16.9. The van der Waals surface area contributed by atoms with Crippen LogP contribution in [0, 0.1) is 0 Å². The van der Waals surface area contributed by atoms with Gasteiger partial charge in [0.25, 0.3) is 0 Å². The SMILES string of the molecule is CC(C(=O)Nc1cccc(C(F)(F)F)c1)N(C)CCC(=O)O. The highest BCUT2D eigenvalue weighted by atomic mass is 19.4. The number of carbonyl (C=O) groups excluding carboxylic acids is 1. The lowest BCUT2D eigenvalue weighted by atomic mass is 10.2. The lowest BCUT2D eigenvalue weighted by Crippen LogP contribution is -2.40. The molecule has 0 saturated carbocycles. The molecule has 1 rings (SSSR count). The molecule has 0 aliphatic carbocycles. The second kappa shape index (κ2) is 7.26. The fourth-order valence-electron chi connectivity index (χ4n) is 1.69. The van der Waals surface area contributed by atoms with E-state index in [9.17, 15) is 22.8 Å². The van der Waals surface area contributed by atoms with Gasteiger partial charge >= 0.3 is 12.1 Å². The Morgan fingerprint density at radius 3 is 2.55 bits per heavy atom. The fraction of sp³-hybridized carbons (Fsp3) is 0.429. The molecule has 0 heterocycles. The van der Waals surface area contributed by atoms with Crippen LogP contribution >= 0.6 is 0 Å². The third kappa shape index (κ3) is 5.36. The van der Waals surface area contributed by atoms with Gasteiger partial charge in [-0.2, -0.15) is 13.2 Å². The molecule has 0 spiro atoms. The molecule has 2 N–H and O–H groups in total. The summed E-state index contributed by atoms with van der Waals surface area (Å²) in [6.07, 6.45) is -4.61. The average Bonchev–Trinajstić information content (AvgIpc) is 2.43. The van der Waals surface area contributed by atoms with E-state index in [0.717, 1.165) is 12.1 Å². The zero-order valence-corrected chi connectivity index (χ0v) is 12.1. The summed E-state index contributed by atoms with van der Waals surface area (Å²) >= 11 is 0. The van der Waals surface area contributed by atoms with E-state index in [-0.39, 0.29) is 18.7 Å². The van der Waals surface area contributed by atoms with Gasteiger partial charge in [0.15, 0.2) is 0 Å². The predicted octanol–water partition coefficient (Wildman–Crippen LogP) is 2.44. The Labute approximate surface area is 125 Å². The van der Waals surface area contributed by atoms with Gasteiger partial charge in [-0.1, -0.05) is 6.07 Å². The van der Waals surface area contributed by atoms with E-state index in [1.54, 1.807) is 14.0 Å². The Morgan fingerprint density at radius 2 is 2.00 bits per heavy atom. The average molecular weight is 318 g/mol. The van der Waals surface area contributed by atoms with Crippen molar-refractivity contribution in [3.63, 3.8) is 0 Å². The minimum Gasteiger partial charge on any atom is -0.481 e. The molecular weight excluding hydrogens is 301 g/mol. The maximum absolute atomic E-state index is 12.6. The number of hydrogen-bond donors (Lipinski definition) is 2. The first-order valence-corrected chi connectivity index (χ1v) is 6.51. The highest BCUT2D eigenvalue weighted by Crippen LogP contribution is 2.30. The normalized spacial score (nSPS) is 13.0. The van der Waals surface area contributed by atoms with Crippen molar-refractivity contribution in [1.82, 2.24) is 4.90 Å². The summed E-state index contributed by atoms with van der Waals surface area (Å²) in [6.45, 7) is 1.71. The molecule has 0 radical (unpaired) electrons. The van der Waals surface area contributed by atoms with Crippen molar-refractivity contribution in [3.8, 4) is 0 Å². The van der Waals surface area contributed by atoms with Crippen LogP contribution in [-0.4, -0.2) is 41.5 Å². The van der Waals surface area contributed by atoms with Crippen LogP contribution in [0.1, 0.15) is 18.9 Å². The van der Waals surface area contributed by atoms with Crippen molar-refractivity contribution in [2.24, 2.45) is 0 Å². The fourth-order valence-corrected chi connectivity index (χ4v) is 1.69. The van der Waals surface area contributed by atoms with Crippen molar-refractivity contribution < 1.29 is 27.9 Å². The van der Waals surface area contributed by atoms with Crippen molar-refractivity contribution >= 4 is 17.6 Å². The number of rotatable bonds is 6. The number of alkyl halides is 3. The van der Waals surface area contributed by atoms with E-state index in [1.165, 1.54) is 17.0 Å². The van der Waals surface area contributed by atoms with Crippen molar-refractivity contribution in [2.45, 2.75) is 25.6 Å². The quantitative estimate of drug-likeness (QED) is 0.845. The number of anilines is 1. The van der Waals surface area contributed by atoms with Gasteiger partial charge in [0, 0.05) is 12.2 Å². The van der Waals surface area contributed by atoms with E-state index in [4.69, 9.17) is 5.11 Å². The van der Waals surface area contributed by atoms with E-state index >= 15 is 0 Å². The number of nitrogens with one attached hydrogen (secondary N) is 1. The number of amides is 1. The van der Waals surface area contributed by atoms with Crippen LogP contribution in [-0.2, 0) is 15.8 Å². The topological polar surface area (TPSA) is 69.6 Å². The molecule has 1 amide bonds. The number of benzene rings is 1. The van der Waals surface area contributed by atoms with Gasteiger partial charge in [-0.25, -0.2) is 0 Å². The Morgan fingerprint density at radius 1 is 1.36 bits per heavy atom.